The molecule has 2 aliphatic heterocycles. The number of carbonyl (C=O) groups excluding carboxylic acids is 1. The quantitative estimate of drug-likeness (QED) is 0.567. The van der Waals surface area contributed by atoms with Crippen LogP contribution < -0.4 is 0 Å². The molecule has 128 valence electrons. The molecule has 1 aromatic heterocycles. The van der Waals surface area contributed by atoms with Gasteiger partial charge in [0.25, 0.3) is 0 Å². The maximum atomic E-state index is 12.8. The van der Waals surface area contributed by atoms with Crippen molar-refractivity contribution in [1.82, 2.24) is 0 Å². The Kier molecular flexibility index (Phi) is 2.92. The molecule has 0 amide bonds. The maximum Gasteiger partial charge on any atom is 0.314 e. The average Bonchev–Trinajstić information content (AvgIpc) is 3.09. The molecule has 4 nitrogen and oxygen atoms in total. The van der Waals surface area contributed by atoms with E-state index in [1.165, 1.54) is 5.57 Å². The number of esters is 1. The maximum absolute atomic E-state index is 12.8. The lowest BCUT2D eigenvalue weighted by Crippen LogP contribution is -2.67. The molecule has 2 bridgehead atoms. The molecule has 1 aromatic rings. The van der Waals surface area contributed by atoms with E-state index in [-0.39, 0.29) is 22.9 Å². The zero-order valence-electron chi connectivity index (χ0n) is 14.1. The summed E-state index contributed by atoms with van der Waals surface area (Å²) >= 11 is 0. The summed E-state index contributed by atoms with van der Waals surface area (Å²) in [5, 5.41) is 0. The number of allylic oxidation sites excluding steroid dienone is 1. The molecule has 24 heavy (non-hydrogen) atoms. The summed E-state index contributed by atoms with van der Waals surface area (Å²) < 4.78 is 17.5. The third-order valence-corrected chi connectivity index (χ3v) is 7.39. The van der Waals surface area contributed by atoms with Crippen LogP contribution in [-0.2, 0) is 14.3 Å². The van der Waals surface area contributed by atoms with E-state index in [4.69, 9.17) is 13.9 Å². The van der Waals surface area contributed by atoms with Crippen molar-refractivity contribution < 1.29 is 18.7 Å². The van der Waals surface area contributed by atoms with E-state index in [2.05, 4.69) is 13.5 Å². The van der Waals surface area contributed by atoms with E-state index in [9.17, 15) is 4.79 Å². The van der Waals surface area contributed by atoms with Crippen molar-refractivity contribution in [2.45, 2.75) is 57.8 Å². The van der Waals surface area contributed by atoms with Crippen LogP contribution in [-0.4, -0.2) is 12.3 Å². The zero-order valence-corrected chi connectivity index (χ0v) is 14.1. The lowest BCUT2D eigenvalue weighted by molar-refractivity contribution is -0.330. The zero-order chi connectivity index (χ0) is 16.5. The number of ether oxygens (including phenoxy) is 2. The van der Waals surface area contributed by atoms with Gasteiger partial charge in [-0.25, -0.2) is 0 Å². The van der Waals surface area contributed by atoms with Crippen molar-refractivity contribution in [2.75, 3.05) is 0 Å². The highest BCUT2D eigenvalue weighted by Gasteiger charge is 2.69. The lowest BCUT2D eigenvalue weighted by Gasteiger charge is -2.66. The van der Waals surface area contributed by atoms with Crippen LogP contribution in [0.5, 0.6) is 0 Å². The van der Waals surface area contributed by atoms with Crippen LogP contribution in [0, 0.1) is 22.7 Å². The van der Waals surface area contributed by atoms with Gasteiger partial charge in [-0.2, -0.15) is 0 Å². The normalized spacial score (nSPS) is 47.0. The summed E-state index contributed by atoms with van der Waals surface area (Å²) in [6.45, 7) is 6.52. The highest BCUT2D eigenvalue weighted by molar-refractivity contribution is 5.78. The van der Waals surface area contributed by atoms with Gasteiger partial charge in [-0.05, 0) is 56.9 Å². The second kappa shape index (κ2) is 4.75. The van der Waals surface area contributed by atoms with Crippen molar-refractivity contribution in [3.63, 3.8) is 0 Å². The van der Waals surface area contributed by atoms with Crippen molar-refractivity contribution in [3.8, 4) is 0 Å². The predicted octanol–water partition coefficient (Wildman–Crippen LogP) is 4.38. The number of carbonyl (C=O) groups is 1. The molecule has 2 saturated carbocycles. The number of hydrogen-bond donors (Lipinski definition) is 0. The highest BCUT2D eigenvalue weighted by atomic mass is 16.7. The molecule has 0 radical (unpaired) electrons. The van der Waals surface area contributed by atoms with Crippen LogP contribution in [0.3, 0.4) is 0 Å². The fourth-order valence-corrected chi connectivity index (χ4v) is 6.26. The second-order valence-electron chi connectivity index (χ2n) is 8.34. The monoisotopic (exact) mass is 328 g/mol. The van der Waals surface area contributed by atoms with Crippen molar-refractivity contribution in [1.29, 1.82) is 0 Å². The van der Waals surface area contributed by atoms with Crippen molar-refractivity contribution in [2.24, 2.45) is 22.7 Å². The Labute approximate surface area is 142 Å². The van der Waals surface area contributed by atoms with Gasteiger partial charge in [-0.3, -0.25) is 4.79 Å². The molecule has 4 aliphatic rings. The minimum Gasteiger partial charge on any atom is -0.472 e. The molecule has 5 rings (SSSR count). The van der Waals surface area contributed by atoms with E-state index >= 15 is 0 Å². The number of furan rings is 1. The summed E-state index contributed by atoms with van der Waals surface area (Å²) in [5.41, 5.74) is 1.92. The van der Waals surface area contributed by atoms with E-state index < -0.39 is 6.29 Å². The summed E-state index contributed by atoms with van der Waals surface area (Å²) in [5.74, 6) is 0.653. The van der Waals surface area contributed by atoms with E-state index in [0.717, 1.165) is 44.1 Å². The third-order valence-electron chi connectivity index (χ3n) is 7.39. The molecule has 0 unspecified atom stereocenters. The molecule has 3 heterocycles. The highest BCUT2D eigenvalue weighted by Crippen LogP contribution is 2.69. The van der Waals surface area contributed by atoms with Crippen LogP contribution in [0.4, 0.5) is 0 Å². The summed E-state index contributed by atoms with van der Waals surface area (Å²) in [6, 6.07) is 1.95. The largest absolute Gasteiger partial charge is 0.472 e. The van der Waals surface area contributed by atoms with Gasteiger partial charge in [-0.15, -0.1) is 0 Å². The van der Waals surface area contributed by atoms with Crippen LogP contribution in [0.15, 0.2) is 35.2 Å². The standard InChI is InChI=1S/C20H24O4/c1-12-4-5-16-19(2)7-3-8-20(16)14(12)10-15(13-6-9-22-11-13)23-18(20)24-17(19)21/h6,9,11,14-16,18H,1,3-5,7-8,10H2,2H3/t14-,15-,16-,18+,19-,20-/m0/s1. The van der Waals surface area contributed by atoms with E-state index in [1.54, 1.807) is 12.5 Å². The van der Waals surface area contributed by atoms with E-state index in [1.807, 2.05) is 6.07 Å². The second-order valence-corrected chi connectivity index (χ2v) is 8.34. The molecule has 2 aliphatic carbocycles. The molecule has 0 N–H and O–H groups in total. The first-order valence-corrected chi connectivity index (χ1v) is 9.12. The van der Waals surface area contributed by atoms with Gasteiger partial charge in [0.05, 0.1) is 24.0 Å². The minimum atomic E-state index is -0.445. The Bertz CT molecular complexity index is 693. The molecule has 2 saturated heterocycles. The van der Waals surface area contributed by atoms with Gasteiger partial charge in [-0.1, -0.05) is 18.6 Å². The smallest absolute Gasteiger partial charge is 0.314 e. The number of rotatable bonds is 1. The van der Waals surface area contributed by atoms with Gasteiger partial charge in [0.15, 0.2) is 0 Å². The Morgan fingerprint density at radius 1 is 1.33 bits per heavy atom. The van der Waals surface area contributed by atoms with Gasteiger partial charge in [0, 0.05) is 11.0 Å². The Morgan fingerprint density at radius 3 is 3.00 bits per heavy atom. The van der Waals surface area contributed by atoms with Crippen LogP contribution in [0.25, 0.3) is 0 Å². The van der Waals surface area contributed by atoms with Crippen LogP contribution >= 0.6 is 0 Å². The molecular weight excluding hydrogens is 304 g/mol. The summed E-state index contributed by atoms with van der Waals surface area (Å²) in [4.78, 5) is 12.8. The Hall–Kier alpha value is -1.55. The first-order valence-electron chi connectivity index (χ1n) is 9.12. The fourth-order valence-electron chi connectivity index (χ4n) is 6.26. The molecule has 4 heteroatoms. The summed E-state index contributed by atoms with van der Waals surface area (Å²) in [7, 11) is 0. The first-order chi connectivity index (χ1) is 11.6. The Morgan fingerprint density at radius 2 is 2.21 bits per heavy atom. The third kappa shape index (κ3) is 1.65. The van der Waals surface area contributed by atoms with Gasteiger partial charge in [0.2, 0.25) is 6.29 Å². The number of hydrogen-bond acceptors (Lipinski definition) is 4. The Balaban J connectivity index is 1.61. The van der Waals surface area contributed by atoms with Gasteiger partial charge in [0.1, 0.15) is 0 Å². The fraction of sp³-hybridized carbons (Fsp3) is 0.650. The van der Waals surface area contributed by atoms with Gasteiger partial charge >= 0.3 is 5.97 Å². The van der Waals surface area contributed by atoms with Crippen molar-refractivity contribution >= 4 is 5.97 Å². The molecule has 0 aromatic carbocycles. The predicted molar refractivity (Wildman–Crippen MR) is 86.8 cm³/mol. The minimum absolute atomic E-state index is 0.0630. The topological polar surface area (TPSA) is 48.7 Å². The molecular formula is C20H24O4. The first kappa shape index (κ1) is 14.8. The van der Waals surface area contributed by atoms with Crippen LogP contribution in [0.2, 0.25) is 0 Å². The summed E-state index contributed by atoms with van der Waals surface area (Å²) in [6.07, 6.45) is 8.94. The molecule has 6 atom stereocenters. The SMILES string of the molecule is C=C1CC[C@@H]2[C@@]34CCC[C@]2(C)C(=O)O[C@H]3O[C@H](c2ccoc2)C[C@@H]14. The van der Waals surface area contributed by atoms with Crippen LogP contribution in [0.1, 0.15) is 57.1 Å². The molecule has 4 fully saturated rings. The van der Waals surface area contributed by atoms with Crippen molar-refractivity contribution in [3.05, 3.63) is 36.3 Å². The lowest BCUT2D eigenvalue weighted by atomic mass is 9.44. The average molecular weight is 328 g/mol. The van der Waals surface area contributed by atoms with E-state index in [0.29, 0.717) is 11.8 Å². The molecule has 1 spiro atoms. The van der Waals surface area contributed by atoms with Gasteiger partial charge < -0.3 is 13.9 Å².